The first-order valence-electron chi connectivity index (χ1n) is 6.84. The van der Waals surface area contributed by atoms with Crippen LogP contribution in [-0.4, -0.2) is 23.7 Å². The maximum Gasteiger partial charge on any atom is 0.247 e. The number of benzene rings is 1. The third-order valence-corrected chi connectivity index (χ3v) is 3.24. The van der Waals surface area contributed by atoms with E-state index >= 15 is 0 Å². The molecule has 0 saturated heterocycles. The lowest BCUT2D eigenvalue weighted by Crippen LogP contribution is -2.38. The van der Waals surface area contributed by atoms with E-state index in [1.54, 1.807) is 0 Å². The first kappa shape index (κ1) is 15.7. The van der Waals surface area contributed by atoms with Gasteiger partial charge in [0.2, 0.25) is 5.91 Å². The zero-order valence-corrected chi connectivity index (χ0v) is 11.7. The van der Waals surface area contributed by atoms with Crippen molar-refractivity contribution in [2.24, 2.45) is 5.73 Å². The van der Waals surface area contributed by atoms with Crippen LogP contribution in [0.5, 0.6) is 0 Å². The Morgan fingerprint density at radius 1 is 1.37 bits per heavy atom. The number of unbranched alkanes of at least 4 members (excludes halogenated alkanes) is 1. The van der Waals surface area contributed by atoms with Crippen LogP contribution < -0.4 is 11.1 Å². The van der Waals surface area contributed by atoms with E-state index in [-0.39, 0.29) is 12.6 Å². The van der Waals surface area contributed by atoms with Gasteiger partial charge in [-0.2, -0.15) is 0 Å². The molecule has 1 amide bonds. The summed E-state index contributed by atoms with van der Waals surface area (Å²) in [5, 5.41) is 12.4. The number of aliphatic hydroxyl groups excluding tert-OH is 1. The van der Waals surface area contributed by atoms with E-state index in [4.69, 9.17) is 5.73 Å². The average Bonchev–Trinajstić information content (AvgIpc) is 2.42. The molecule has 2 atom stereocenters. The van der Waals surface area contributed by atoms with Crippen molar-refractivity contribution >= 4 is 5.91 Å². The monoisotopic (exact) mass is 264 g/mol. The van der Waals surface area contributed by atoms with Crippen molar-refractivity contribution in [1.82, 2.24) is 5.32 Å². The Bertz CT molecular complexity index is 390. The number of carbonyl (C=O) groups excluding carboxylic acids is 1. The van der Waals surface area contributed by atoms with Gasteiger partial charge in [0.1, 0.15) is 6.10 Å². The van der Waals surface area contributed by atoms with Crippen molar-refractivity contribution in [2.75, 3.05) is 6.54 Å². The standard InChI is InChI=1S/C15H24N2O2/c1-3-4-5-12-6-8-13(9-7-12)11(2)17-10-14(18)15(16)19/h6-9,11,14,17-18H,3-5,10H2,1-2H3,(H2,16,19). The molecule has 1 rings (SSSR count). The Balaban J connectivity index is 2.48. The summed E-state index contributed by atoms with van der Waals surface area (Å²) in [7, 11) is 0. The molecule has 0 radical (unpaired) electrons. The van der Waals surface area contributed by atoms with Crippen molar-refractivity contribution in [2.45, 2.75) is 45.3 Å². The average molecular weight is 264 g/mol. The van der Waals surface area contributed by atoms with Crippen molar-refractivity contribution in [3.8, 4) is 0 Å². The van der Waals surface area contributed by atoms with Gasteiger partial charge in [0.15, 0.2) is 0 Å². The van der Waals surface area contributed by atoms with Gasteiger partial charge in [-0.15, -0.1) is 0 Å². The third-order valence-electron chi connectivity index (χ3n) is 3.24. The molecule has 4 N–H and O–H groups in total. The van der Waals surface area contributed by atoms with E-state index < -0.39 is 12.0 Å². The van der Waals surface area contributed by atoms with Gasteiger partial charge < -0.3 is 16.2 Å². The van der Waals surface area contributed by atoms with Crippen molar-refractivity contribution in [3.63, 3.8) is 0 Å². The quantitative estimate of drug-likeness (QED) is 0.666. The zero-order chi connectivity index (χ0) is 14.3. The fraction of sp³-hybridized carbons (Fsp3) is 0.533. The Hall–Kier alpha value is -1.39. The molecule has 0 heterocycles. The van der Waals surface area contributed by atoms with Gasteiger partial charge in [-0.05, 0) is 30.9 Å². The van der Waals surface area contributed by atoms with E-state index in [0.717, 1.165) is 12.0 Å². The maximum atomic E-state index is 10.7. The molecule has 0 saturated carbocycles. The van der Waals surface area contributed by atoms with E-state index in [1.165, 1.54) is 18.4 Å². The van der Waals surface area contributed by atoms with Crippen LogP contribution in [0.15, 0.2) is 24.3 Å². The highest BCUT2D eigenvalue weighted by Gasteiger charge is 2.12. The molecule has 0 bridgehead atoms. The zero-order valence-electron chi connectivity index (χ0n) is 11.7. The van der Waals surface area contributed by atoms with Gasteiger partial charge in [-0.25, -0.2) is 0 Å². The fourth-order valence-corrected chi connectivity index (χ4v) is 1.86. The van der Waals surface area contributed by atoms with Gasteiger partial charge in [-0.1, -0.05) is 37.6 Å². The van der Waals surface area contributed by atoms with Crippen LogP contribution in [0.2, 0.25) is 0 Å². The number of aryl methyl sites for hydroxylation is 1. The summed E-state index contributed by atoms with van der Waals surface area (Å²) in [4.78, 5) is 10.7. The Kier molecular flexibility index (Phi) is 6.53. The molecule has 0 aliphatic rings. The second kappa shape index (κ2) is 7.92. The van der Waals surface area contributed by atoms with Crippen LogP contribution in [0.1, 0.15) is 43.9 Å². The van der Waals surface area contributed by atoms with Crippen molar-refractivity contribution in [1.29, 1.82) is 0 Å². The minimum atomic E-state index is -1.13. The smallest absolute Gasteiger partial charge is 0.247 e. The molecule has 4 heteroatoms. The number of hydrogen-bond donors (Lipinski definition) is 3. The highest BCUT2D eigenvalue weighted by Crippen LogP contribution is 2.14. The van der Waals surface area contributed by atoms with Crippen molar-refractivity contribution in [3.05, 3.63) is 35.4 Å². The first-order chi connectivity index (χ1) is 9.04. The molecule has 19 heavy (non-hydrogen) atoms. The van der Waals surface area contributed by atoms with Gasteiger partial charge >= 0.3 is 0 Å². The van der Waals surface area contributed by atoms with Crippen LogP contribution in [0.25, 0.3) is 0 Å². The number of nitrogens with two attached hydrogens (primary N) is 1. The SMILES string of the molecule is CCCCc1ccc(C(C)NCC(O)C(N)=O)cc1. The predicted molar refractivity (Wildman–Crippen MR) is 76.7 cm³/mol. The van der Waals surface area contributed by atoms with E-state index in [2.05, 4.69) is 36.5 Å². The number of rotatable bonds is 8. The molecular formula is C15H24N2O2. The summed E-state index contributed by atoms with van der Waals surface area (Å²) in [5.41, 5.74) is 7.48. The Morgan fingerprint density at radius 3 is 2.53 bits per heavy atom. The minimum Gasteiger partial charge on any atom is -0.382 e. The van der Waals surface area contributed by atoms with Gasteiger partial charge in [0, 0.05) is 12.6 Å². The number of carbonyl (C=O) groups is 1. The molecule has 4 nitrogen and oxygen atoms in total. The molecule has 1 aromatic rings. The summed E-state index contributed by atoms with van der Waals surface area (Å²) in [6.45, 7) is 4.35. The molecule has 0 fully saturated rings. The molecule has 0 aromatic heterocycles. The largest absolute Gasteiger partial charge is 0.382 e. The van der Waals surface area contributed by atoms with Crippen LogP contribution in [0, 0.1) is 0 Å². The van der Waals surface area contributed by atoms with E-state index in [0.29, 0.717) is 0 Å². The second-order valence-electron chi connectivity index (χ2n) is 4.89. The molecule has 106 valence electrons. The molecule has 1 aromatic carbocycles. The number of amides is 1. The normalized spacial score (nSPS) is 14.1. The number of hydrogen-bond acceptors (Lipinski definition) is 3. The first-order valence-corrected chi connectivity index (χ1v) is 6.84. The minimum absolute atomic E-state index is 0.0780. The molecular weight excluding hydrogens is 240 g/mol. The van der Waals surface area contributed by atoms with Crippen LogP contribution in [0.3, 0.4) is 0 Å². The highest BCUT2D eigenvalue weighted by molar-refractivity contribution is 5.78. The Labute approximate surface area is 115 Å². The lowest BCUT2D eigenvalue weighted by atomic mass is 10.0. The third kappa shape index (κ3) is 5.41. The van der Waals surface area contributed by atoms with Crippen LogP contribution in [-0.2, 0) is 11.2 Å². The van der Waals surface area contributed by atoms with Gasteiger partial charge in [-0.3, -0.25) is 4.79 Å². The molecule has 0 aliphatic heterocycles. The fourth-order valence-electron chi connectivity index (χ4n) is 1.86. The van der Waals surface area contributed by atoms with E-state index in [9.17, 15) is 9.90 Å². The summed E-state index contributed by atoms with van der Waals surface area (Å²) in [6, 6.07) is 8.51. The van der Waals surface area contributed by atoms with Gasteiger partial charge in [0.05, 0.1) is 0 Å². The van der Waals surface area contributed by atoms with Crippen LogP contribution >= 0.6 is 0 Å². The van der Waals surface area contributed by atoms with E-state index in [1.807, 2.05) is 6.92 Å². The summed E-state index contributed by atoms with van der Waals surface area (Å²) >= 11 is 0. The lowest BCUT2D eigenvalue weighted by molar-refractivity contribution is -0.125. The van der Waals surface area contributed by atoms with Crippen molar-refractivity contribution < 1.29 is 9.90 Å². The predicted octanol–water partition coefficient (Wildman–Crippen LogP) is 1.53. The second-order valence-corrected chi connectivity index (χ2v) is 4.89. The van der Waals surface area contributed by atoms with Gasteiger partial charge in [0.25, 0.3) is 0 Å². The summed E-state index contributed by atoms with van der Waals surface area (Å²) in [6.07, 6.45) is 2.38. The Morgan fingerprint density at radius 2 is 2.00 bits per heavy atom. The summed E-state index contributed by atoms with van der Waals surface area (Å²) in [5.74, 6) is -0.699. The topological polar surface area (TPSA) is 75.3 Å². The molecule has 0 spiro atoms. The number of aliphatic hydroxyl groups is 1. The summed E-state index contributed by atoms with van der Waals surface area (Å²) < 4.78 is 0. The molecule has 0 aliphatic carbocycles. The maximum absolute atomic E-state index is 10.7. The highest BCUT2D eigenvalue weighted by atomic mass is 16.3. The number of nitrogens with one attached hydrogen (secondary N) is 1. The van der Waals surface area contributed by atoms with Crippen LogP contribution in [0.4, 0.5) is 0 Å². The number of primary amides is 1. The molecule has 2 unspecified atom stereocenters. The lowest BCUT2D eigenvalue weighted by Gasteiger charge is -2.16.